The van der Waals surface area contributed by atoms with Crippen LogP contribution in [-0.2, 0) is 17.8 Å². The highest BCUT2D eigenvalue weighted by molar-refractivity contribution is 6.10. The molecule has 2 amide bonds. The number of hydrogen-bond donors (Lipinski definition) is 1. The van der Waals surface area contributed by atoms with Gasteiger partial charge in [-0.1, -0.05) is 6.07 Å². The molecule has 168 valence electrons. The van der Waals surface area contributed by atoms with Crippen molar-refractivity contribution in [1.29, 1.82) is 0 Å². The van der Waals surface area contributed by atoms with Gasteiger partial charge in [0.05, 0.1) is 17.8 Å². The van der Waals surface area contributed by atoms with Gasteiger partial charge >= 0.3 is 6.09 Å². The van der Waals surface area contributed by atoms with E-state index in [0.717, 1.165) is 30.8 Å². The molecule has 0 bridgehead atoms. The lowest BCUT2D eigenvalue weighted by molar-refractivity contribution is 0.0996. The third-order valence-electron chi connectivity index (χ3n) is 6.41. The van der Waals surface area contributed by atoms with E-state index in [1.165, 1.54) is 9.80 Å². The van der Waals surface area contributed by atoms with Gasteiger partial charge in [0, 0.05) is 24.7 Å². The Morgan fingerprint density at radius 2 is 2.03 bits per heavy atom. The van der Waals surface area contributed by atoms with E-state index in [1.54, 1.807) is 18.2 Å². The first kappa shape index (κ1) is 20.6. The SMILES string of the molecule is C[C@@H]1CCCN1c1cc2c(c(CN)n1)CN(c1cccc(N3C(=O)OC[C@@H]3CF)n1)C2=O. The van der Waals surface area contributed by atoms with Crippen molar-refractivity contribution in [3.63, 3.8) is 0 Å². The van der Waals surface area contributed by atoms with Crippen LogP contribution in [0.1, 0.15) is 41.4 Å². The van der Waals surface area contributed by atoms with Gasteiger partial charge in [-0.15, -0.1) is 0 Å². The molecule has 0 aromatic carbocycles. The van der Waals surface area contributed by atoms with Gasteiger partial charge in [-0.25, -0.2) is 19.2 Å². The molecule has 3 aliphatic heterocycles. The van der Waals surface area contributed by atoms with Gasteiger partial charge in [-0.2, -0.15) is 0 Å². The third kappa shape index (κ3) is 3.26. The van der Waals surface area contributed by atoms with Gasteiger partial charge in [0.15, 0.2) is 0 Å². The number of halogens is 1. The number of pyridine rings is 2. The van der Waals surface area contributed by atoms with Crippen LogP contribution in [-0.4, -0.2) is 53.9 Å². The second-order valence-corrected chi connectivity index (χ2v) is 8.34. The number of fused-ring (bicyclic) bond motifs is 1. The van der Waals surface area contributed by atoms with Gasteiger partial charge in [0.2, 0.25) is 0 Å². The molecule has 9 nitrogen and oxygen atoms in total. The Balaban J connectivity index is 1.48. The lowest BCUT2D eigenvalue weighted by Crippen LogP contribution is -2.36. The molecule has 0 saturated carbocycles. The fraction of sp³-hybridized carbons (Fsp3) is 0.455. The first-order valence-corrected chi connectivity index (χ1v) is 10.8. The van der Waals surface area contributed by atoms with Gasteiger partial charge in [-0.3, -0.25) is 14.6 Å². The van der Waals surface area contributed by atoms with Crippen molar-refractivity contribution in [3.8, 4) is 0 Å². The normalized spacial score (nSPS) is 22.7. The summed E-state index contributed by atoms with van der Waals surface area (Å²) in [6, 6.07) is 6.47. The number of cyclic esters (lactones) is 1. The van der Waals surface area contributed by atoms with E-state index >= 15 is 0 Å². The molecule has 3 aliphatic rings. The van der Waals surface area contributed by atoms with Crippen molar-refractivity contribution in [2.24, 2.45) is 5.73 Å². The highest BCUT2D eigenvalue weighted by Gasteiger charge is 2.37. The van der Waals surface area contributed by atoms with E-state index in [1.807, 2.05) is 6.07 Å². The fourth-order valence-corrected chi connectivity index (χ4v) is 4.68. The van der Waals surface area contributed by atoms with E-state index in [0.29, 0.717) is 23.1 Å². The maximum absolute atomic E-state index is 13.4. The number of alkyl halides is 1. The number of ether oxygens (including phenoxy) is 1. The maximum atomic E-state index is 13.4. The second kappa shape index (κ2) is 8.01. The van der Waals surface area contributed by atoms with Crippen molar-refractivity contribution in [2.45, 2.75) is 44.9 Å². The molecule has 2 aromatic rings. The van der Waals surface area contributed by atoms with E-state index in [2.05, 4.69) is 16.8 Å². The minimum Gasteiger partial charge on any atom is -0.447 e. The van der Waals surface area contributed by atoms with Crippen molar-refractivity contribution < 1.29 is 18.7 Å². The zero-order chi connectivity index (χ0) is 22.4. The molecule has 10 heteroatoms. The van der Waals surface area contributed by atoms with Crippen LogP contribution < -0.4 is 20.4 Å². The number of aromatic nitrogens is 2. The molecule has 0 spiro atoms. The lowest BCUT2D eigenvalue weighted by atomic mass is 10.1. The van der Waals surface area contributed by atoms with Gasteiger partial charge in [0.1, 0.15) is 36.8 Å². The summed E-state index contributed by atoms with van der Waals surface area (Å²) in [4.78, 5) is 39.6. The summed E-state index contributed by atoms with van der Waals surface area (Å²) >= 11 is 0. The van der Waals surface area contributed by atoms with Crippen molar-refractivity contribution in [1.82, 2.24) is 9.97 Å². The Bertz CT molecular complexity index is 1080. The molecule has 32 heavy (non-hydrogen) atoms. The molecule has 5 rings (SSSR count). The minimum absolute atomic E-state index is 0.0292. The minimum atomic E-state index is -0.741. The monoisotopic (exact) mass is 440 g/mol. The average Bonchev–Trinajstić information content (AvgIpc) is 3.50. The summed E-state index contributed by atoms with van der Waals surface area (Å²) in [6.07, 6.45) is 1.53. The number of nitrogens with two attached hydrogens (primary N) is 1. The molecule has 0 radical (unpaired) electrons. The highest BCUT2D eigenvalue weighted by Crippen LogP contribution is 2.34. The summed E-state index contributed by atoms with van der Waals surface area (Å²) < 4.78 is 18.3. The van der Waals surface area contributed by atoms with Crippen LogP contribution in [0.4, 0.5) is 26.6 Å². The molecule has 2 aromatic heterocycles. The van der Waals surface area contributed by atoms with Gasteiger partial charge < -0.3 is 15.4 Å². The fourth-order valence-electron chi connectivity index (χ4n) is 4.68. The number of amides is 2. The van der Waals surface area contributed by atoms with Gasteiger partial charge in [0.25, 0.3) is 5.91 Å². The summed E-state index contributed by atoms with van der Waals surface area (Å²) in [6.45, 7) is 2.80. The van der Waals surface area contributed by atoms with Crippen LogP contribution in [0.15, 0.2) is 24.3 Å². The van der Waals surface area contributed by atoms with Crippen LogP contribution in [0, 0.1) is 0 Å². The lowest BCUT2D eigenvalue weighted by Gasteiger charge is -2.23. The maximum Gasteiger partial charge on any atom is 0.416 e. The number of hydrogen-bond acceptors (Lipinski definition) is 7. The first-order chi connectivity index (χ1) is 15.5. The smallest absolute Gasteiger partial charge is 0.416 e. The molecule has 2 fully saturated rings. The number of carbonyl (C=O) groups is 2. The Labute approximate surface area is 185 Å². The van der Waals surface area contributed by atoms with E-state index < -0.39 is 18.8 Å². The Morgan fingerprint density at radius 3 is 2.75 bits per heavy atom. The standard InChI is InChI=1S/C22H25FN6O3/c1-13-4-3-7-27(13)20-8-15-16(17(10-24)25-20)11-28(21(15)30)18-5-2-6-19(26-18)29-14(9-23)12-32-22(29)31/h2,5-6,8,13-14H,3-4,7,9-12,24H2,1H3/t13-,14+/m1/s1. The van der Waals surface area contributed by atoms with E-state index in [4.69, 9.17) is 15.5 Å². The molecular weight excluding hydrogens is 415 g/mol. The van der Waals surface area contributed by atoms with Crippen LogP contribution >= 0.6 is 0 Å². The zero-order valence-corrected chi connectivity index (χ0v) is 17.8. The number of rotatable bonds is 5. The Morgan fingerprint density at radius 1 is 1.22 bits per heavy atom. The van der Waals surface area contributed by atoms with Gasteiger partial charge in [-0.05, 0) is 38.0 Å². The van der Waals surface area contributed by atoms with Crippen molar-refractivity contribution >= 4 is 29.5 Å². The average molecular weight is 440 g/mol. The highest BCUT2D eigenvalue weighted by atomic mass is 19.1. The van der Waals surface area contributed by atoms with Crippen LogP contribution in [0.25, 0.3) is 0 Å². The van der Waals surface area contributed by atoms with Crippen LogP contribution in [0.2, 0.25) is 0 Å². The Hall–Kier alpha value is -3.27. The summed E-state index contributed by atoms with van der Waals surface area (Å²) in [5.74, 6) is 1.21. The number of carbonyl (C=O) groups excluding carboxylic acids is 2. The van der Waals surface area contributed by atoms with E-state index in [-0.39, 0.29) is 31.4 Å². The molecule has 2 atom stereocenters. The molecule has 0 aliphatic carbocycles. The topological polar surface area (TPSA) is 105 Å². The summed E-state index contributed by atoms with van der Waals surface area (Å²) in [5, 5.41) is 0. The molecule has 2 saturated heterocycles. The molecule has 5 heterocycles. The Kier molecular flexibility index (Phi) is 5.16. The quantitative estimate of drug-likeness (QED) is 0.761. The largest absolute Gasteiger partial charge is 0.447 e. The molecule has 2 N–H and O–H groups in total. The number of nitrogens with zero attached hydrogens (tertiary/aromatic N) is 5. The van der Waals surface area contributed by atoms with Crippen LogP contribution in [0.5, 0.6) is 0 Å². The third-order valence-corrected chi connectivity index (χ3v) is 6.41. The molecule has 0 unspecified atom stereocenters. The van der Waals surface area contributed by atoms with Crippen LogP contribution in [0.3, 0.4) is 0 Å². The predicted octanol–water partition coefficient (Wildman–Crippen LogP) is 2.38. The zero-order valence-electron chi connectivity index (χ0n) is 17.8. The van der Waals surface area contributed by atoms with E-state index in [9.17, 15) is 14.0 Å². The summed E-state index contributed by atoms with van der Waals surface area (Å²) in [5.41, 5.74) is 8.05. The van der Waals surface area contributed by atoms with Crippen molar-refractivity contribution in [2.75, 3.05) is 34.5 Å². The second-order valence-electron chi connectivity index (χ2n) is 8.34. The predicted molar refractivity (Wildman–Crippen MR) is 117 cm³/mol. The first-order valence-electron chi connectivity index (χ1n) is 10.8. The number of anilines is 3. The summed E-state index contributed by atoms with van der Waals surface area (Å²) in [7, 11) is 0. The molecular formula is C22H25FN6O3. The van der Waals surface area contributed by atoms with Crippen molar-refractivity contribution in [3.05, 3.63) is 41.1 Å².